The number of nitrogens with one attached hydrogen (secondary N) is 1. The molecule has 22 heavy (non-hydrogen) atoms. The SMILES string of the molecule is CC(C)C(Cn1ccnc1)NCc1nc(-c2ccco2)no1. The van der Waals surface area contributed by atoms with Gasteiger partial charge in [-0.2, -0.15) is 4.98 Å². The van der Waals surface area contributed by atoms with E-state index in [0.29, 0.717) is 29.9 Å². The zero-order valence-corrected chi connectivity index (χ0v) is 12.6. The van der Waals surface area contributed by atoms with Crippen LogP contribution in [0.3, 0.4) is 0 Å². The maximum absolute atomic E-state index is 5.25. The number of nitrogens with zero attached hydrogens (tertiary/aromatic N) is 4. The molecular formula is C15H19N5O2. The van der Waals surface area contributed by atoms with Crippen molar-refractivity contribution in [1.82, 2.24) is 25.0 Å². The van der Waals surface area contributed by atoms with E-state index in [9.17, 15) is 0 Å². The second-order valence-corrected chi connectivity index (χ2v) is 5.48. The van der Waals surface area contributed by atoms with Crippen molar-refractivity contribution in [2.75, 3.05) is 0 Å². The minimum atomic E-state index is 0.285. The maximum atomic E-state index is 5.25. The van der Waals surface area contributed by atoms with Crippen molar-refractivity contribution in [3.05, 3.63) is 43.0 Å². The normalized spacial score (nSPS) is 12.9. The topological polar surface area (TPSA) is 81.9 Å². The third kappa shape index (κ3) is 3.43. The Balaban J connectivity index is 1.60. The summed E-state index contributed by atoms with van der Waals surface area (Å²) in [6, 6.07) is 3.88. The smallest absolute Gasteiger partial charge is 0.241 e. The van der Waals surface area contributed by atoms with E-state index in [0.717, 1.165) is 6.54 Å². The van der Waals surface area contributed by atoms with Crippen molar-refractivity contribution in [1.29, 1.82) is 0 Å². The van der Waals surface area contributed by atoms with Crippen LogP contribution in [0.4, 0.5) is 0 Å². The minimum absolute atomic E-state index is 0.285. The Morgan fingerprint density at radius 1 is 1.36 bits per heavy atom. The summed E-state index contributed by atoms with van der Waals surface area (Å²) in [5, 5.41) is 7.38. The highest BCUT2D eigenvalue weighted by molar-refractivity contribution is 5.44. The maximum Gasteiger partial charge on any atom is 0.241 e. The van der Waals surface area contributed by atoms with Crippen molar-refractivity contribution < 1.29 is 8.94 Å². The van der Waals surface area contributed by atoms with Crippen molar-refractivity contribution >= 4 is 0 Å². The van der Waals surface area contributed by atoms with Gasteiger partial charge in [-0.25, -0.2) is 4.98 Å². The minimum Gasteiger partial charge on any atom is -0.461 e. The lowest BCUT2D eigenvalue weighted by Gasteiger charge is -2.22. The van der Waals surface area contributed by atoms with E-state index in [1.54, 1.807) is 24.6 Å². The summed E-state index contributed by atoms with van der Waals surface area (Å²) in [5.41, 5.74) is 0. The van der Waals surface area contributed by atoms with E-state index in [-0.39, 0.29) is 6.04 Å². The largest absolute Gasteiger partial charge is 0.461 e. The third-order valence-electron chi connectivity index (χ3n) is 3.50. The van der Waals surface area contributed by atoms with Crippen LogP contribution >= 0.6 is 0 Å². The summed E-state index contributed by atoms with van der Waals surface area (Å²) in [7, 11) is 0. The van der Waals surface area contributed by atoms with Crippen molar-refractivity contribution in [3.63, 3.8) is 0 Å². The zero-order chi connectivity index (χ0) is 15.4. The summed E-state index contributed by atoms with van der Waals surface area (Å²) >= 11 is 0. The fourth-order valence-corrected chi connectivity index (χ4v) is 2.18. The Hall–Kier alpha value is -2.41. The fourth-order valence-electron chi connectivity index (χ4n) is 2.18. The van der Waals surface area contributed by atoms with Crippen LogP contribution in [0, 0.1) is 5.92 Å². The first kappa shape index (κ1) is 14.5. The number of imidazole rings is 1. The quantitative estimate of drug-likeness (QED) is 0.721. The molecule has 0 radical (unpaired) electrons. The van der Waals surface area contributed by atoms with Crippen LogP contribution in [0.5, 0.6) is 0 Å². The number of aromatic nitrogens is 4. The Morgan fingerprint density at radius 2 is 2.27 bits per heavy atom. The average molecular weight is 301 g/mol. The summed E-state index contributed by atoms with van der Waals surface area (Å²) in [6.07, 6.45) is 7.14. The number of hydrogen-bond acceptors (Lipinski definition) is 6. The molecule has 0 bridgehead atoms. The molecule has 0 saturated heterocycles. The van der Waals surface area contributed by atoms with Gasteiger partial charge in [0, 0.05) is 25.0 Å². The molecule has 1 unspecified atom stereocenters. The molecule has 1 atom stereocenters. The summed E-state index contributed by atoms with van der Waals surface area (Å²) < 4.78 is 12.6. The van der Waals surface area contributed by atoms with Crippen LogP contribution in [-0.2, 0) is 13.1 Å². The van der Waals surface area contributed by atoms with Crippen LogP contribution < -0.4 is 5.32 Å². The fraction of sp³-hybridized carbons (Fsp3) is 0.400. The molecule has 7 nitrogen and oxygen atoms in total. The van der Waals surface area contributed by atoms with Crippen LogP contribution in [0.1, 0.15) is 19.7 Å². The molecule has 7 heteroatoms. The van der Waals surface area contributed by atoms with Gasteiger partial charge in [0.1, 0.15) is 0 Å². The van der Waals surface area contributed by atoms with E-state index in [1.807, 2.05) is 12.5 Å². The second kappa shape index (κ2) is 6.57. The van der Waals surface area contributed by atoms with Gasteiger partial charge in [-0.15, -0.1) is 0 Å². The molecule has 0 saturated carbocycles. The van der Waals surface area contributed by atoms with E-state index in [1.165, 1.54) is 0 Å². The lowest BCUT2D eigenvalue weighted by atomic mass is 10.0. The Kier molecular flexibility index (Phi) is 4.34. The molecule has 1 N–H and O–H groups in total. The molecular weight excluding hydrogens is 282 g/mol. The molecule has 3 aromatic rings. The summed E-state index contributed by atoms with van der Waals surface area (Å²) in [6.45, 7) is 5.72. The van der Waals surface area contributed by atoms with E-state index in [2.05, 4.69) is 38.9 Å². The van der Waals surface area contributed by atoms with Crippen LogP contribution in [-0.4, -0.2) is 25.7 Å². The second-order valence-electron chi connectivity index (χ2n) is 5.48. The molecule has 0 aliphatic rings. The first-order valence-corrected chi connectivity index (χ1v) is 7.28. The first-order valence-electron chi connectivity index (χ1n) is 7.28. The predicted molar refractivity (Wildman–Crippen MR) is 79.7 cm³/mol. The highest BCUT2D eigenvalue weighted by atomic mass is 16.5. The van der Waals surface area contributed by atoms with Gasteiger partial charge in [-0.1, -0.05) is 19.0 Å². The monoisotopic (exact) mass is 301 g/mol. The molecule has 0 amide bonds. The zero-order valence-electron chi connectivity index (χ0n) is 12.6. The van der Waals surface area contributed by atoms with Gasteiger partial charge in [-0.05, 0) is 18.1 Å². The molecule has 0 spiro atoms. The highest BCUT2D eigenvalue weighted by Crippen LogP contribution is 2.16. The molecule has 3 heterocycles. The van der Waals surface area contributed by atoms with Crippen molar-refractivity contribution in [2.24, 2.45) is 5.92 Å². The van der Waals surface area contributed by atoms with Gasteiger partial charge in [-0.3, -0.25) is 0 Å². The molecule has 3 rings (SSSR count). The highest BCUT2D eigenvalue weighted by Gasteiger charge is 2.16. The van der Waals surface area contributed by atoms with E-state index in [4.69, 9.17) is 8.94 Å². The van der Waals surface area contributed by atoms with Crippen molar-refractivity contribution in [3.8, 4) is 11.6 Å². The van der Waals surface area contributed by atoms with Gasteiger partial charge < -0.3 is 18.8 Å². The standard InChI is InChI=1S/C15H19N5O2/c1-11(2)12(9-20-6-5-16-10-20)17-8-14-18-15(19-22-14)13-4-3-7-21-13/h3-7,10-12,17H,8-9H2,1-2H3. The van der Waals surface area contributed by atoms with Gasteiger partial charge in [0.15, 0.2) is 5.76 Å². The summed E-state index contributed by atoms with van der Waals surface area (Å²) in [5.74, 6) is 2.09. The molecule has 116 valence electrons. The van der Waals surface area contributed by atoms with Crippen LogP contribution in [0.2, 0.25) is 0 Å². The lowest BCUT2D eigenvalue weighted by molar-refractivity contribution is 0.315. The Morgan fingerprint density at radius 3 is 2.95 bits per heavy atom. The number of furan rings is 1. The van der Waals surface area contributed by atoms with Gasteiger partial charge >= 0.3 is 0 Å². The molecule has 3 aromatic heterocycles. The third-order valence-corrected chi connectivity index (χ3v) is 3.50. The number of hydrogen-bond donors (Lipinski definition) is 1. The van der Waals surface area contributed by atoms with Crippen molar-refractivity contribution in [2.45, 2.75) is 33.0 Å². The van der Waals surface area contributed by atoms with Gasteiger partial charge in [0.05, 0.1) is 19.1 Å². The summed E-state index contributed by atoms with van der Waals surface area (Å²) in [4.78, 5) is 8.40. The van der Waals surface area contributed by atoms with Crippen LogP contribution in [0.25, 0.3) is 11.6 Å². The molecule has 0 aliphatic heterocycles. The van der Waals surface area contributed by atoms with Gasteiger partial charge in [0.2, 0.25) is 11.7 Å². The number of rotatable bonds is 7. The first-order chi connectivity index (χ1) is 10.7. The molecule has 0 aromatic carbocycles. The van der Waals surface area contributed by atoms with Gasteiger partial charge in [0.25, 0.3) is 0 Å². The molecule has 0 aliphatic carbocycles. The van der Waals surface area contributed by atoms with E-state index >= 15 is 0 Å². The average Bonchev–Trinajstić information content (AvgIpc) is 3.23. The van der Waals surface area contributed by atoms with E-state index < -0.39 is 0 Å². The molecule has 0 fully saturated rings. The predicted octanol–water partition coefficient (Wildman–Crippen LogP) is 2.34. The Bertz CT molecular complexity index is 673. The Labute approximate surface area is 128 Å². The van der Waals surface area contributed by atoms with Crippen LogP contribution in [0.15, 0.2) is 46.1 Å². The lowest BCUT2D eigenvalue weighted by Crippen LogP contribution is -2.37.